The molecule has 162 valence electrons. The second kappa shape index (κ2) is 8.96. The Hall–Kier alpha value is -2.83. The summed E-state index contributed by atoms with van der Waals surface area (Å²) in [5.74, 6) is -0.451. The predicted molar refractivity (Wildman–Crippen MR) is 131 cm³/mol. The third-order valence-corrected chi connectivity index (χ3v) is 8.26. The first-order chi connectivity index (χ1) is 15.7. The lowest BCUT2D eigenvalue weighted by molar-refractivity contribution is 0.0531. The number of carbonyl (C=O) groups is 2. The summed E-state index contributed by atoms with van der Waals surface area (Å²) in [6.07, 6.45) is 9.86. The highest BCUT2D eigenvalue weighted by Gasteiger charge is 2.30. The van der Waals surface area contributed by atoms with Crippen LogP contribution in [0.2, 0.25) is 0 Å². The van der Waals surface area contributed by atoms with E-state index in [2.05, 4.69) is 12.2 Å². The Bertz CT molecular complexity index is 1330. The molecule has 0 fully saturated rings. The molecule has 0 spiro atoms. The number of esters is 1. The number of allylic oxidation sites excluding steroid dienone is 1. The van der Waals surface area contributed by atoms with Crippen LogP contribution in [0.4, 0.5) is 0 Å². The maximum absolute atomic E-state index is 13.6. The number of nitrogens with zero attached hydrogens (tertiary/aromatic N) is 1. The molecule has 1 unspecified atom stereocenters. The molecule has 0 N–H and O–H groups in total. The summed E-state index contributed by atoms with van der Waals surface area (Å²) in [6.45, 7) is 2.08. The Balaban J connectivity index is 1.78. The Labute approximate surface area is 194 Å². The minimum absolute atomic E-state index is 0.0620. The zero-order chi connectivity index (χ0) is 22.1. The van der Waals surface area contributed by atoms with Crippen molar-refractivity contribution in [2.45, 2.75) is 35.6 Å². The number of fused-ring (bicyclic) bond motifs is 3. The third-order valence-electron chi connectivity index (χ3n) is 5.65. The van der Waals surface area contributed by atoms with Gasteiger partial charge in [0.15, 0.2) is 0 Å². The number of aromatic nitrogens is 1. The van der Waals surface area contributed by atoms with Crippen molar-refractivity contribution in [3.8, 4) is 0 Å². The molecule has 0 amide bonds. The summed E-state index contributed by atoms with van der Waals surface area (Å²) in [5, 5.41) is 1.07. The second-order valence-corrected chi connectivity index (χ2v) is 10.2. The molecule has 3 heterocycles. The zero-order valence-corrected chi connectivity index (χ0v) is 19.4. The zero-order valence-electron chi connectivity index (χ0n) is 17.7. The average molecular weight is 462 g/mol. The number of pyridine rings is 1. The molecule has 4 nitrogen and oxygen atoms in total. The van der Waals surface area contributed by atoms with E-state index in [1.54, 1.807) is 18.7 Å². The molecule has 1 atom stereocenters. The van der Waals surface area contributed by atoms with E-state index in [0.29, 0.717) is 26.6 Å². The Morgan fingerprint density at radius 3 is 2.72 bits per heavy atom. The van der Waals surface area contributed by atoms with Crippen LogP contribution in [0.25, 0.3) is 16.4 Å². The van der Waals surface area contributed by atoms with Crippen molar-refractivity contribution in [3.63, 3.8) is 0 Å². The summed E-state index contributed by atoms with van der Waals surface area (Å²) in [4.78, 5) is 27.3. The molecule has 0 aliphatic heterocycles. The third kappa shape index (κ3) is 3.67. The Morgan fingerprint density at radius 1 is 1.16 bits per heavy atom. The standard InChI is InChI=1S/C26H23NO3S2/c1-2-30-25(29)20-19-15-9-10-16-27(19)22-21(20)24(23(28)17-11-5-3-6-12-17)32-26(22)31-18-13-7-4-8-14-18/h3,5-7,9-13,15-16,18H,2,4,8,14H2,1H3. The molecule has 3 aromatic heterocycles. The average Bonchev–Trinajstić information content (AvgIpc) is 3.36. The van der Waals surface area contributed by atoms with Crippen LogP contribution in [0, 0.1) is 0 Å². The lowest BCUT2D eigenvalue weighted by Gasteiger charge is -2.14. The van der Waals surface area contributed by atoms with Crippen LogP contribution >= 0.6 is 23.1 Å². The molecule has 1 aliphatic rings. The first-order valence-corrected chi connectivity index (χ1v) is 12.5. The molecular formula is C26H23NO3S2. The van der Waals surface area contributed by atoms with E-state index in [4.69, 9.17) is 4.74 Å². The fraction of sp³-hybridized carbons (Fsp3) is 0.231. The number of carbonyl (C=O) groups excluding carboxylic acids is 2. The first-order valence-electron chi connectivity index (χ1n) is 10.8. The molecule has 1 aromatic carbocycles. The number of benzene rings is 1. The first kappa shape index (κ1) is 21.0. The minimum atomic E-state index is -0.389. The van der Waals surface area contributed by atoms with Gasteiger partial charge in [0.1, 0.15) is 0 Å². The second-order valence-electron chi connectivity index (χ2n) is 7.70. The number of ketones is 1. The largest absolute Gasteiger partial charge is 0.462 e. The van der Waals surface area contributed by atoms with E-state index in [-0.39, 0.29) is 18.4 Å². The molecule has 6 heteroatoms. The van der Waals surface area contributed by atoms with E-state index in [9.17, 15) is 9.59 Å². The summed E-state index contributed by atoms with van der Waals surface area (Å²) in [7, 11) is 0. The van der Waals surface area contributed by atoms with Gasteiger partial charge in [-0.2, -0.15) is 0 Å². The van der Waals surface area contributed by atoms with Gasteiger partial charge in [-0.25, -0.2) is 4.79 Å². The van der Waals surface area contributed by atoms with E-state index in [0.717, 1.165) is 28.1 Å². The van der Waals surface area contributed by atoms with Gasteiger partial charge in [-0.3, -0.25) is 4.79 Å². The highest BCUT2D eigenvalue weighted by molar-refractivity contribution is 8.02. The molecular weight excluding hydrogens is 438 g/mol. The number of hydrogen-bond donors (Lipinski definition) is 0. The molecule has 0 saturated heterocycles. The van der Waals surface area contributed by atoms with Crippen LogP contribution < -0.4 is 0 Å². The molecule has 0 saturated carbocycles. The highest BCUT2D eigenvalue weighted by Crippen LogP contribution is 2.46. The fourth-order valence-electron chi connectivity index (χ4n) is 4.21. The van der Waals surface area contributed by atoms with E-state index in [1.165, 1.54) is 17.8 Å². The van der Waals surface area contributed by atoms with Crippen LogP contribution in [-0.4, -0.2) is 28.0 Å². The molecule has 5 rings (SSSR count). The molecule has 4 aromatic rings. The number of thioether (sulfide) groups is 1. The molecule has 1 aliphatic carbocycles. The summed E-state index contributed by atoms with van der Waals surface area (Å²) in [5.41, 5.74) is 2.79. The smallest absolute Gasteiger partial charge is 0.341 e. The van der Waals surface area contributed by atoms with Crippen molar-refractivity contribution < 1.29 is 14.3 Å². The SMILES string of the molecule is CCOC(=O)c1c2c(C(=O)c3ccccc3)sc(SC3C=CCCC3)c2n2ccccc12. The van der Waals surface area contributed by atoms with Crippen molar-refractivity contribution in [1.82, 2.24) is 4.40 Å². The molecule has 32 heavy (non-hydrogen) atoms. The van der Waals surface area contributed by atoms with Gasteiger partial charge in [-0.15, -0.1) is 23.1 Å². The lowest BCUT2D eigenvalue weighted by atomic mass is 10.1. The van der Waals surface area contributed by atoms with Crippen LogP contribution in [0.3, 0.4) is 0 Å². The predicted octanol–water partition coefficient (Wildman–Crippen LogP) is 6.76. The van der Waals surface area contributed by atoms with Gasteiger partial charge in [0.25, 0.3) is 0 Å². The topological polar surface area (TPSA) is 47.8 Å². The monoisotopic (exact) mass is 461 g/mol. The van der Waals surface area contributed by atoms with Gasteiger partial charge in [0.05, 0.1) is 32.3 Å². The number of rotatable bonds is 6. The summed E-state index contributed by atoms with van der Waals surface area (Å²) in [6, 6.07) is 15.1. The van der Waals surface area contributed by atoms with Gasteiger partial charge in [-0.1, -0.05) is 48.6 Å². The maximum atomic E-state index is 13.6. The van der Waals surface area contributed by atoms with Gasteiger partial charge >= 0.3 is 5.97 Å². The highest BCUT2D eigenvalue weighted by atomic mass is 32.2. The quantitative estimate of drug-likeness (QED) is 0.181. The van der Waals surface area contributed by atoms with E-state index < -0.39 is 0 Å². The molecule has 0 bridgehead atoms. The number of hydrogen-bond acceptors (Lipinski definition) is 5. The van der Waals surface area contributed by atoms with Gasteiger partial charge < -0.3 is 9.14 Å². The van der Waals surface area contributed by atoms with Crippen molar-refractivity contribution in [1.29, 1.82) is 0 Å². The van der Waals surface area contributed by atoms with Crippen LogP contribution in [0.5, 0.6) is 0 Å². The van der Waals surface area contributed by atoms with Crippen LogP contribution in [0.1, 0.15) is 51.8 Å². The maximum Gasteiger partial charge on any atom is 0.341 e. The van der Waals surface area contributed by atoms with Crippen molar-refractivity contribution in [2.24, 2.45) is 0 Å². The van der Waals surface area contributed by atoms with Crippen LogP contribution in [-0.2, 0) is 4.74 Å². The van der Waals surface area contributed by atoms with Gasteiger partial charge in [-0.05, 0) is 38.3 Å². The number of ether oxygens (including phenoxy) is 1. The fourth-order valence-corrected chi connectivity index (χ4v) is 7.08. The number of thiophene rings is 1. The van der Waals surface area contributed by atoms with Gasteiger partial charge in [0, 0.05) is 22.4 Å². The van der Waals surface area contributed by atoms with Crippen LogP contribution in [0.15, 0.2) is 71.1 Å². The van der Waals surface area contributed by atoms with Crippen molar-refractivity contribution in [2.75, 3.05) is 6.61 Å². The van der Waals surface area contributed by atoms with Crippen molar-refractivity contribution >= 4 is 51.3 Å². The Kier molecular flexibility index (Phi) is 5.89. The lowest BCUT2D eigenvalue weighted by Crippen LogP contribution is -2.06. The van der Waals surface area contributed by atoms with Crippen molar-refractivity contribution in [3.05, 3.63) is 82.9 Å². The van der Waals surface area contributed by atoms with E-state index >= 15 is 0 Å². The Morgan fingerprint density at radius 2 is 1.97 bits per heavy atom. The normalized spacial score (nSPS) is 16.0. The summed E-state index contributed by atoms with van der Waals surface area (Å²) < 4.78 is 8.52. The molecule has 0 radical (unpaired) electrons. The van der Waals surface area contributed by atoms with Gasteiger partial charge in [0.2, 0.25) is 5.78 Å². The summed E-state index contributed by atoms with van der Waals surface area (Å²) >= 11 is 3.28. The minimum Gasteiger partial charge on any atom is -0.462 e. The van der Waals surface area contributed by atoms with E-state index in [1.807, 2.05) is 59.1 Å².